The van der Waals surface area contributed by atoms with Crippen molar-refractivity contribution in [2.45, 2.75) is 39.7 Å². The Kier molecular flexibility index (Phi) is 7.77. The van der Waals surface area contributed by atoms with Gasteiger partial charge in [0.1, 0.15) is 11.6 Å². The van der Waals surface area contributed by atoms with Gasteiger partial charge in [-0.15, -0.1) is 0 Å². The summed E-state index contributed by atoms with van der Waals surface area (Å²) in [6.45, 7) is 8.14. The molecule has 2 aromatic rings. The van der Waals surface area contributed by atoms with Crippen LogP contribution in [-0.2, 0) is 20.8 Å². The number of piperidine rings is 1. The number of carbonyl (C=O) groups excluding carboxylic acids is 1. The van der Waals surface area contributed by atoms with Crippen LogP contribution in [-0.4, -0.2) is 60.8 Å². The van der Waals surface area contributed by atoms with E-state index >= 15 is 0 Å². The molecule has 1 atom stereocenters. The highest BCUT2D eigenvalue weighted by Crippen LogP contribution is 2.24. The molecule has 0 amide bonds. The van der Waals surface area contributed by atoms with Gasteiger partial charge < -0.3 is 14.8 Å². The fourth-order valence-corrected chi connectivity index (χ4v) is 3.77. The number of nitrogens with one attached hydrogen (secondary N) is 1. The van der Waals surface area contributed by atoms with Gasteiger partial charge in [0.15, 0.2) is 0 Å². The number of rotatable bonds is 9. The van der Waals surface area contributed by atoms with Crippen molar-refractivity contribution in [2.24, 2.45) is 5.92 Å². The van der Waals surface area contributed by atoms with Crippen molar-refractivity contribution < 1.29 is 14.3 Å². The molecule has 1 aromatic carbocycles. The van der Waals surface area contributed by atoms with Crippen molar-refractivity contribution in [3.63, 3.8) is 0 Å². The lowest BCUT2D eigenvalue weighted by Crippen LogP contribution is -2.39. The van der Waals surface area contributed by atoms with E-state index in [-0.39, 0.29) is 11.9 Å². The van der Waals surface area contributed by atoms with Crippen LogP contribution < -0.4 is 5.32 Å². The predicted octanol–water partition coefficient (Wildman–Crippen LogP) is 3.16. The molecular weight excluding hydrogens is 368 g/mol. The number of hydrogen-bond acceptors (Lipinski definition) is 7. The molecule has 0 spiro atoms. The molecule has 1 fully saturated rings. The molecule has 2 heterocycles. The van der Waals surface area contributed by atoms with Crippen LogP contribution in [0.2, 0.25) is 0 Å². The monoisotopic (exact) mass is 400 g/mol. The summed E-state index contributed by atoms with van der Waals surface area (Å²) in [6, 6.07) is 6.24. The maximum Gasteiger partial charge on any atom is 0.310 e. The molecule has 0 saturated carbocycles. The fraction of sp³-hybridized carbons (Fsp3) is 0.591. The molecule has 1 unspecified atom stereocenters. The van der Waals surface area contributed by atoms with Gasteiger partial charge in [0.05, 0.1) is 24.6 Å². The first-order chi connectivity index (χ1) is 14.1. The Bertz CT molecular complexity index is 827. The minimum absolute atomic E-state index is 0.0570. The van der Waals surface area contributed by atoms with Gasteiger partial charge in [-0.2, -0.15) is 0 Å². The van der Waals surface area contributed by atoms with Crippen molar-refractivity contribution in [1.29, 1.82) is 0 Å². The van der Waals surface area contributed by atoms with Crippen molar-refractivity contribution in [1.82, 2.24) is 14.9 Å². The minimum atomic E-state index is -0.0902. The summed E-state index contributed by atoms with van der Waals surface area (Å²) in [5.74, 6) is 1.50. The number of fused-ring (bicyclic) bond motifs is 1. The van der Waals surface area contributed by atoms with Crippen LogP contribution in [0.4, 0.5) is 5.82 Å². The van der Waals surface area contributed by atoms with Crippen LogP contribution >= 0.6 is 0 Å². The van der Waals surface area contributed by atoms with E-state index in [1.54, 1.807) is 7.11 Å². The van der Waals surface area contributed by atoms with Crippen LogP contribution in [0.1, 0.15) is 37.6 Å². The zero-order valence-electron chi connectivity index (χ0n) is 17.7. The highest BCUT2D eigenvalue weighted by Gasteiger charge is 2.27. The number of likely N-dealkylation sites (tertiary alicyclic amines) is 1. The van der Waals surface area contributed by atoms with Crippen LogP contribution in [0.25, 0.3) is 10.9 Å². The predicted molar refractivity (Wildman–Crippen MR) is 114 cm³/mol. The third-order valence-corrected chi connectivity index (χ3v) is 5.21. The highest BCUT2D eigenvalue weighted by molar-refractivity contribution is 5.89. The number of aromatic nitrogens is 2. The number of anilines is 1. The van der Waals surface area contributed by atoms with Crippen molar-refractivity contribution in [3.8, 4) is 0 Å². The number of benzene rings is 1. The topological polar surface area (TPSA) is 76.6 Å². The maximum absolute atomic E-state index is 12.1. The Labute approximate surface area is 172 Å². The van der Waals surface area contributed by atoms with Crippen LogP contribution in [0.3, 0.4) is 0 Å². The second-order valence-electron chi connectivity index (χ2n) is 7.61. The van der Waals surface area contributed by atoms with Gasteiger partial charge in [-0.25, -0.2) is 9.97 Å². The second-order valence-corrected chi connectivity index (χ2v) is 7.61. The van der Waals surface area contributed by atoms with Crippen molar-refractivity contribution >= 4 is 22.7 Å². The van der Waals surface area contributed by atoms with E-state index in [2.05, 4.69) is 29.3 Å². The second kappa shape index (κ2) is 10.5. The fourth-order valence-electron chi connectivity index (χ4n) is 3.77. The van der Waals surface area contributed by atoms with Gasteiger partial charge in [0, 0.05) is 32.2 Å². The smallest absolute Gasteiger partial charge is 0.310 e. The molecule has 1 N–H and O–H groups in total. The average Bonchev–Trinajstić information content (AvgIpc) is 2.72. The van der Waals surface area contributed by atoms with Crippen molar-refractivity contribution in [2.75, 3.05) is 45.3 Å². The highest BCUT2D eigenvalue weighted by atomic mass is 16.5. The summed E-state index contributed by atoms with van der Waals surface area (Å²) in [6.07, 6.45) is 2.79. The zero-order valence-corrected chi connectivity index (χ0v) is 17.7. The van der Waals surface area contributed by atoms with Gasteiger partial charge in [-0.05, 0) is 51.8 Å². The minimum Gasteiger partial charge on any atom is -0.466 e. The third kappa shape index (κ3) is 5.87. The first kappa shape index (κ1) is 21.5. The molecule has 0 aliphatic carbocycles. The first-order valence-electron chi connectivity index (χ1n) is 10.5. The molecule has 29 heavy (non-hydrogen) atoms. The SMILES string of the molecule is CCOC(=O)C1CCCN(Cc2nc(NCCCOC)c3cc(C)ccc3n2)C1. The lowest BCUT2D eigenvalue weighted by atomic mass is 9.98. The van der Waals surface area contributed by atoms with E-state index in [4.69, 9.17) is 19.4 Å². The summed E-state index contributed by atoms with van der Waals surface area (Å²) in [5, 5.41) is 4.48. The lowest BCUT2D eigenvalue weighted by Gasteiger charge is -2.31. The summed E-state index contributed by atoms with van der Waals surface area (Å²) >= 11 is 0. The summed E-state index contributed by atoms with van der Waals surface area (Å²) in [4.78, 5) is 24.0. The van der Waals surface area contributed by atoms with E-state index in [1.807, 2.05) is 13.0 Å². The molecule has 158 valence electrons. The molecule has 0 bridgehead atoms. The third-order valence-electron chi connectivity index (χ3n) is 5.21. The van der Waals surface area contributed by atoms with E-state index in [9.17, 15) is 4.79 Å². The standard InChI is InChI=1S/C22H32N4O3/c1-4-29-22(27)17-7-5-11-26(14-17)15-20-24-19-9-8-16(2)13-18(19)21(25-20)23-10-6-12-28-3/h8-9,13,17H,4-7,10-12,14-15H2,1-3H3,(H,23,24,25). The molecule has 1 saturated heterocycles. The molecule has 3 rings (SSSR count). The molecule has 7 nitrogen and oxygen atoms in total. The summed E-state index contributed by atoms with van der Waals surface area (Å²) in [7, 11) is 1.71. The summed E-state index contributed by atoms with van der Waals surface area (Å²) < 4.78 is 10.4. The van der Waals surface area contributed by atoms with E-state index < -0.39 is 0 Å². The van der Waals surface area contributed by atoms with Gasteiger partial charge in [-0.1, -0.05) is 11.6 Å². The maximum atomic E-state index is 12.1. The number of ether oxygens (including phenoxy) is 2. The van der Waals surface area contributed by atoms with E-state index in [1.165, 1.54) is 5.56 Å². The number of carbonyl (C=O) groups is 1. The number of aryl methyl sites for hydroxylation is 1. The largest absolute Gasteiger partial charge is 0.466 e. The Morgan fingerprint density at radius 1 is 1.34 bits per heavy atom. The number of methoxy groups -OCH3 is 1. The summed E-state index contributed by atoms with van der Waals surface area (Å²) in [5.41, 5.74) is 2.12. The van der Waals surface area contributed by atoms with Gasteiger partial charge in [0.2, 0.25) is 0 Å². The number of nitrogens with zero attached hydrogens (tertiary/aromatic N) is 3. The average molecular weight is 401 g/mol. The van der Waals surface area contributed by atoms with Crippen LogP contribution in [0.5, 0.6) is 0 Å². The van der Waals surface area contributed by atoms with E-state index in [0.29, 0.717) is 26.3 Å². The van der Waals surface area contributed by atoms with E-state index in [0.717, 1.165) is 54.9 Å². The van der Waals surface area contributed by atoms with Crippen molar-refractivity contribution in [3.05, 3.63) is 29.6 Å². The molecule has 1 aliphatic heterocycles. The Morgan fingerprint density at radius 3 is 3.00 bits per heavy atom. The Morgan fingerprint density at radius 2 is 2.21 bits per heavy atom. The normalized spacial score (nSPS) is 17.4. The molecular formula is C22H32N4O3. The number of esters is 1. The first-order valence-corrected chi connectivity index (χ1v) is 10.5. The van der Waals surface area contributed by atoms with Crippen LogP contribution in [0.15, 0.2) is 18.2 Å². The molecule has 1 aromatic heterocycles. The Balaban J connectivity index is 1.76. The quantitative estimate of drug-likeness (QED) is 0.512. The van der Waals surface area contributed by atoms with Crippen LogP contribution in [0, 0.1) is 12.8 Å². The Hall–Kier alpha value is -2.25. The molecule has 0 radical (unpaired) electrons. The molecule has 1 aliphatic rings. The number of hydrogen-bond donors (Lipinski definition) is 1. The van der Waals surface area contributed by atoms with Gasteiger partial charge in [-0.3, -0.25) is 9.69 Å². The zero-order chi connectivity index (χ0) is 20.6. The van der Waals surface area contributed by atoms with Gasteiger partial charge in [0.25, 0.3) is 0 Å². The van der Waals surface area contributed by atoms with Gasteiger partial charge >= 0.3 is 5.97 Å². The molecule has 7 heteroatoms. The lowest BCUT2D eigenvalue weighted by molar-refractivity contribution is -0.150.